The summed E-state index contributed by atoms with van der Waals surface area (Å²) in [5, 5.41) is 12.0. The Bertz CT molecular complexity index is 1040. The average molecular weight is 437 g/mol. The van der Waals surface area contributed by atoms with Crippen LogP contribution in [0.2, 0.25) is 0 Å². The molecule has 0 fully saturated rings. The van der Waals surface area contributed by atoms with Gasteiger partial charge in [-0.3, -0.25) is 9.59 Å². The molecule has 162 valence electrons. The van der Waals surface area contributed by atoms with Gasteiger partial charge >= 0.3 is 0 Å². The van der Waals surface area contributed by atoms with Crippen LogP contribution in [0.15, 0.2) is 59.8 Å². The largest absolute Gasteiger partial charge is 0.348 e. The van der Waals surface area contributed by atoms with Crippen LogP contribution in [0.25, 0.3) is 11.4 Å². The van der Waals surface area contributed by atoms with Crippen LogP contribution >= 0.6 is 11.8 Å². The quantitative estimate of drug-likeness (QED) is 0.420. The van der Waals surface area contributed by atoms with Crippen LogP contribution in [0, 0.1) is 0 Å². The van der Waals surface area contributed by atoms with E-state index in [1.165, 1.54) is 17.3 Å². The number of aromatic nitrogens is 3. The molecular weight excluding hydrogens is 408 g/mol. The Labute approximate surface area is 187 Å². The molecule has 31 heavy (non-hydrogen) atoms. The number of hydrogen-bond donors (Lipinski definition) is 1. The molecule has 1 amide bonds. The van der Waals surface area contributed by atoms with Gasteiger partial charge in [-0.15, -0.1) is 10.2 Å². The molecule has 0 aliphatic carbocycles. The van der Waals surface area contributed by atoms with Gasteiger partial charge in [0, 0.05) is 17.7 Å². The minimum Gasteiger partial charge on any atom is -0.348 e. The van der Waals surface area contributed by atoms with Gasteiger partial charge in [0.25, 0.3) is 0 Å². The third kappa shape index (κ3) is 5.82. The summed E-state index contributed by atoms with van der Waals surface area (Å²) in [7, 11) is 0. The van der Waals surface area contributed by atoms with Crippen LogP contribution < -0.4 is 5.32 Å². The number of hydrogen-bond acceptors (Lipinski definition) is 5. The molecule has 0 saturated heterocycles. The summed E-state index contributed by atoms with van der Waals surface area (Å²) in [6.07, 6.45) is 0. The highest BCUT2D eigenvalue weighted by molar-refractivity contribution is 7.99. The van der Waals surface area contributed by atoms with Gasteiger partial charge in [-0.25, -0.2) is 0 Å². The number of ketones is 1. The first-order valence-corrected chi connectivity index (χ1v) is 11.3. The monoisotopic (exact) mass is 436 g/mol. The molecule has 1 aromatic heterocycles. The lowest BCUT2D eigenvalue weighted by Crippen LogP contribution is -2.30. The van der Waals surface area contributed by atoms with E-state index in [4.69, 9.17) is 0 Å². The maximum atomic E-state index is 12.2. The number of amides is 1. The van der Waals surface area contributed by atoms with Crippen LogP contribution in [-0.2, 0) is 16.8 Å². The second-order valence-electron chi connectivity index (χ2n) is 8.23. The van der Waals surface area contributed by atoms with Gasteiger partial charge < -0.3 is 9.88 Å². The number of carbonyl (C=O) groups is 2. The molecule has 2 aromatic carbocycles. The van der Waals surface area contributed by atoms with Gasteiger partial charge in [0.05, 0.1) is 12.3 Å². The molecule has 0 spiro atoms. The first kappa shape index (κ1) is 22.7. The highest BCUT2D eigenvalue weighted by atomic mass is 32.2. The molecule has 0 radical (unpaired) electrons. The minimum atomic E-state index is -0.212. The van der Waals surface area contributed by atoms with E-state index >= 15 is 0 Å². The lowest BCUT2D eigenvalue weighted by molar-refractivity contribution is -0.118. The van der Waals surface area contributed by atoms with E-state index in [1.807, 2.05) is 17.6 Å². The third-order valence-electron chi connectivity index (χ3n) is 4.92. The van der Waals surface area contributed by atoms with E-state index in [1.54, 1.807) is 24.3 Å². The Morgan fingerprint density at radius 1 is 1.00 bits per heavy atom. The van der Waals surface area contributed by atoms with Gasteiger partial charge in [-0.1, -0.05) is 87.1 Å². The molecule has 0 saturated carbocycles. The minimum absolute atomic E-state index is 0.0186. The highest BCUT2D eigenvalue weighted by Gasteiger charge is 2.17. The van der Waals surface area contributed by atoms with Gasteiger partial charge in [-0.05, 0) is 17.9 Å². The molecule has 0 atom stereocenters. The Morgan fingerprint density at radius 3 is 2.29 bits per heavy atom. The van der Waals surface area contributed by atoms with E-state index in [-0.39, 0.29) is 29.4 Å². The number of nitrogens with zero attached hydrogens (tertiary/aromatic N) is 3. The fourth-order valence-corrected chi connectivity index (χ4v) is 3.93. The van der Waals surface area contributed by atoms with E-state index in [9.17, 15) is 9.59 Å². The Kier molecular flexibility index (Phi) is 7.28. The highest BCUT2D eigenvalue weighted by Crippen LogP contribution is 2.27. The Balaban J connectivity index is 1.60. The number of benzene rings is 2. The number of Topliss-reactive ketones (excluding diaryl/α,β-unsaturated/α-hetero) is 1. The molecule has 1 heterocycles. The van der Waals surface area contributed by atoms with E-state index in [0.717, 1.165) is 11.4 Å². The van der Waals surface area contributed by atoms with E-state index in [0.29, 0.717) is 17.3 Å². The predicted molar refractivity (Wildman–Crippen MR) is 124 cm³/mol. The maximum Gasteiger partial charge on any atom is 0.230 e. The zero-order valence-electron chi connectivity index (χ0n) is 18.4. The molecule has 1 N–H and O–H groups in total. The summed E-state index contributed by atoms with van der Waals surface area (Å²) in [5.41, 5.74) is 2.93. The van der Waals surface area contributed by atoms with Gasteiger partial charge in [0.15, 0.2) is 16.8 Å². The number of carbonyl (C=O) groups excluding carboxylic acids is 2. The third-order valence-corrected chi connectivity index (χ3v) is 5.88. The first-order chi connectivity index (χ1) is 14.8. The zero-order chi connectivity index (χ0) is 22.4. The second-order valence-corrected chi connectivity index (χ2v) is 9.17. The molecule has 0 aliphatic rings. The van der Waals surface area contributed by atoms with E-state index in [2.05, 4.69) is 60.6 Å². The van der Waals surface area contributed by atoms with Crippen molar-refractivity contribution in [2.24, 2.45) is 0 Å². The fraction of sp³-hybridized carbons (Fsp3) is 0.333. The van der Waals surface area contributed by atoms with Crippen molar-refractivity contribution in [3.8, 4) is 11.4 Å². The van der Waals surface area contributed by atoms with Crippen molar-refractivity contribution in [1.82, 2.24) is 20.1 Å². The van der Waals surface area contributed by atoms with Crippen LogP contribution in [0.5, 0.6) is 0 Å². The second kappa shape index (κ2) is 9.92. The van der Waals surface area contributed by atoms with Crippen LogP contribution in [0.4, 0.5) is 0 Å². The summed E-state index contributed by atoms with van der Waals surface area (Å²) in [5.74, 6) is 0.626. The number of thioether (sulfide) groups is 1. The van der Waals surface area contributed by atoms with Crippen molar-refractivity contribution in [2.75, 3.05) is 12.3 Å². The van der Waals surface area contributed by atoms with Crippen molar-refractivity contribution in [2.45, 2.75) is 44.8 Å². The van der Waals surface area contributed by atoms with E-state index < -0.39 is 0 Å². The Morgan fingerprint density at radius 2 is 1.68 bits per heavy atom. The normalized spacial score (nSPS) is 11.4. The lowest BCUT2D eigenvalue weighted by atomic mass is 9.87. The van der Waals surface area contributed by atoms with Crippen LogP contribution in [0.3, 0.4) is 0 Å². The fourth-order valence-electron chi connectivity index (χ4n) is 3.10. The molecule has 3 aromatic rings. The molecule has 0 unspecified atom stereocenters. The van der Waals surface area contributed by atoms with Crippen molar-refractivity contribution in [3.63, 3.8) is 0 Å². The SMILES string of the molecule is CCn1c(SCC(=O)NCC(=O)c2ccccc2)nnc1-c1ccc(C(C)(C)C)cc1. The van der Waals surface area contributed by atoms with Crippen molar-refractivity contribution < 1.29 is 9.59 Å². The first-order valence-electron chi connectivity index (χ1n) is 10.3. The summed E-state index contributed by atoms with van der Waals surface area (Å²) in [4.78, 5) is 24.3. The van der Waals surface area contributed by atoms with Gasteiger partial charge in [0.1, 0.15) is 0 Å². The summed E-state index contributed by atoms with van der Waals surface area (Å²) in [6.45, 7) is 9.26. The number of nitrogens with one attached hydrogen (secondary N) is 1. The van der Waals surface area contributed by atoms with Crippen molar-refractivity contribution in [3.05, 3.63) is 65.7 Å². The molecule has 6 nitrogen and oxygen atoms in total. The van der Waals surface area contributed by atoms with Crippen molar-refractivity contribution >= 4 is 23.5 Å². The van der Waals surface area contributed by atoms with Crippen LogP contribution in [0.1, 0.15) is 43.6 Å². The zero-order valence-corrected chi connectivity index (χ0v) is 19.2. The molecular formula is C24H28N4O2S. The smallest absolute Gasteiger partial charge is 0.230 e. The molecule has 0 bridgehead atoms. The molecule has 3 rings (SSSR count). The molecule has 7 heteroatoms. The van der Waals surface area contributed by atoms with Crippen LogP contribution in [-0.4, -0.2) is 38.8 Å². The number of rotatable bonds is 8. The molecule has 0 aliphatic heterocycles. The maximum absolute atomic E-state index is 12.2. The van der Waals surface area contributed by atoms with Crippen molar-refractivity contribution in [1.29, 1.82) is 0 Å². The van der Waals surface area contributed by atoms with Gasteiger partial charge in [-0.2, -0.15) is 0 Å². The summed E-state index contributed by atoms with van der Waals surface area (Å²) < 4.78 is 2.00. The average Bonchev–Trinajstić information content (AvgIpc) is 3.19. The lowest BCUT2D eigenvalue weighted by Gasteiger charge is -2.19. The summed E-state index contributed by atoms with van der Waals surface area (Å²) >= 11 is 1.32. The van der Waals surface area contributed by atoms with Gasteiger partial charge in [0.2, 0.25) is 5.91 Å². The topological polar surface area (TPSA) is 76.9 Å². The summed E-state index contributed by atoms with van der Waals surface area (Å²) in [6, 6.07) is 17.3. The standard InChI is InChI=1S/C24H28N4O2S/c1-5-28-22(18-11-13-19(14-12-18)24(2,3)4)26-27-23(28)31-16-21(30)25-15-20(29)17-9-7-6-8-10-17/h6-14H,5,15-16H2,1-4H3,(H,25,30). The predicted octanol–water partition coefficient (Wildman–Crippen LogP) is 4.35. The Hall–Kier alpha value is -2.93.